The quantitative estimate of drug-likeness (QED) is 0.859. The number of nitrogens with zero attached hydrogens (tertiary/aromatic N) is 1. The molecule has 0 spiro atoms. The summed E-state index contributed by atoms with van der Waals surface area (Å²) in [5, 5.41) is 0. The Balaban J connectivity index is 1.85. The van der Waals surface area contributed by atoms with E-state index in [1.54, 1.807) is 0 Å². The highest BCUT2D eigenvalue weighted by molar-refractivity contribution is 5.23. The van der Waals surface area contributed by atoms with E-state index >= 15 is 0 Å². The van der Waals surface area contributed by atoms with E-state index in [-0.39, 0.29) is 0 Å². The summed E-state index contributed by atoms with van der Waals surface area (Å²) in [5.41, 5.74) is 9.60. The maximum Gasteiger partial charge on any atom is 0.0230 e. The molecule has 0 radical (unpaired) electrons. The minimum Gasteiger partial charge on any atom is -0.326 e. The lowest BCUT2D eigenvalue weighted by atomic mass is 10.1. The van der Waals surface area contributed by atoms with Crippen molar-refractivity contribution in [1.82, 2.24) is 4.90 Å². The Morgan fingerprint density at radius 1 is 0.895 bits per heavy atom. The summed E-state index contributed by atoms with van der Waals surface area (Å²) in [6.45, 7) is 2.65. The third kappa shape index (κ3) is 4.51. The normalized spacial score (nSPS) is 10.9. The molecule has 0 bridgehead atoms. The molecule has 0 aliphatic carbocycles. The largest absolute Gasteiger partial charge is 0.326 e. The summed E-state index contributed by atoms with van der Waals surface area (Å²) in [7, 11) is 2.16. The maximum absolute atomic E-state index is 5.67. The smallest absolute Gasteiger partial charge is 0.0230 e. The van der Waals surface area contributed by atoms with Crippen LogP contribution in [0.25, 0.3) is 0 Å². The molecule has 100 valence electrons. The molecule has 0 aliphatic rings. The Morgan fingerprint density at radius 2 is 1.58 bits per heavy atom. The fourth-order valence-electron chi connectivity index (χ4n) is 2.21. The van der Waals surface area contributed by atoms with Gasteiger partial charge in [0.15, 0.2) is 0 Å². The van der Waals surface area contributed by atoms with Crippen LogP contribution in [0.1, 0.15) is 16.7 Å². The number of hydrogen-bond donors (Lipinski definition) is 1. The Labute approximate surface area is 115 Å². The highest BCUT2D eigenvalue weighted by Gasteiger charge is 2.01. The minimum absolute atomic E-state index is 0.613. The lowest BCUT2D eigenvalue weighted by Gasteiger charge is -2.17. The molecule has 0 aliphatic heterocycles. The molecule has 2 heteroatoms. The van der Waals surface area contributed by atoms with Crippen molar-refractivity contribution in [3.8, 4) is 0 Å². The molecule has 2 nitrogen and oxygen atoms in total. The van der Waals surface area contributed by atoms with Crippen molar-refractivity contribution in [3.05, 3.63) is 71.3 Å². The van der Waals surface area contributed by atoms with E-state index < -0.39 is 0 Å². The van der Waals surface area contributed by atoms with Gasteiger partial charge in [-0.1, -0.05) is 54.6 Å². The van der Waals surface area contributed by atoms with Gasteiger partial charge < -0.3 is 10.6 Å². The van der Waals surface area contributed by atoms with Crippen LogP contribution in [0.4, 0.5) is 0 Å². The van der Waals surface area contributed by atoms with Gasteiger partial charge in [-0.3, -0.25) is 0 Å². The second kappa shape index (κ2) is 7.07. The summed E-state index contributed by atoms with van der Waals surface area (Å²) < 4.78 is 0. The lowest BCUT2D eigenvalue weighted by molar-refractivity contribution is 0.331. The summed E-state index contributed by atoms with van der Waals surface area (Å²) in [5.74, 6) is 0. The summed E-state index contributed by atoms with van der Waals surface area (Å²) in [4.78, 5) is 2.35. The summed E-state index contributed by atoms with van der Waals surface area (Å²) in [6, 6.07) is 19.1. The van der Waals surface area contributed by atoms with Crippen LogP contribution in [0.2, 0.25) is 0 Å². The SMILES string of the molecule is CN(CCc1ccccc1)Cc1cccc(CN)c1. The maximum atomic E-state index is 5.67. The summed E-state index contributed by atoms with van der Waals surface area (Å²) >= 11 is 0. The Hall–Kier alpha value is -1.64. The van der Waals surface area contributed by atoms with Gasteiger partial charge in [0.2, 0.25) is 0 Å². The number of benzene rings is 2. The van der Waals surface area contributed by atoms with E-state index in [4.69, 9.17) is 5.73 Å². The van der Waals surface area contributed by atoms with Crippen LogP contribution in [-0.2, 0) is 19.5 Å². The van der Waals surface area contributed by atoms with Crippen molar-refractivity contribution in [3.63, 3.8) is 0 Å². The molecule has 2 aromatic carbocycles. The molecule has 0 saturated heterocycles. The predicted molar refractivity (Wildman–Crippen MR) is 80.8 cm³/mol. The van der Waals surface area contributed by atoms with Crippen molar-refractivity contribution in [2.75, 3.05) is 13.6 Å². The molecular weight excluding hydrogens is 232 g/mol. The van der Waals surface area contributed by atoms with E-state index in [2.05, 4.69) is 66.5 Å². The number of rotatable bonds is 6. The first-order valence-corrected chi connectivity index (χ1v) is 6.78. The van der Waals surface area contributed by atoms with E-state index in [9.17, 15) is 0 Å². The van der Waals surface area contributed by atoms with E-state index in [1.165, 1.54) is 16.7 Å². The second-order valence-corrected chi connectivity index (χ2v) is 5.00. The molecule has 2 N–H and O–H groups in total. The van der Waals surface area contributed by atoms with Gasteiger partial charge in [0.25, 0.3) is 0 Å². The molecule has 0 heterocycles. The molecule has 0 saturated carbocycles. The van der Waals surface area contributed by atoms with Gasteiger partial charge in [0, 0.05) is 19.6 Å². The zero-order valence-corrected chi connectivity index (χ0v) is 11.5. The highest BCUT2D eigenvalue weighted by Crippen LogP contribution is 2.08. The molecule has 0 unspecified atom stereocenters. The van der Waals surface area contributed by atoms with Crippen molar-refractivity contribution in [2.45, 2.75) is 19.5 Å². The number of nitrogens with two attached hydrogens (primary N) is 1. The van der Waals surface area contributed by atoms with Crippen molar-refractivity contribution in [2.24, 2.45) is 5.73 Å². The molecule has 0 aromatic heterocycles. The lowest BCUT2D eigenvalue weighted by Crippen LogP contribution is -2.20. The standard InChI is InChI=1S/C17H22N2/c1-19(11-10-15-6-3-2-4-7-15)14-17-9-5-8-16(12-17)13-18/h2-9,12H,10-11,13-14,18H2,1H3. The predicted octanol–water partition coefficient (Wildman–Crippen LogP) is 2.82. The minimum atomic E-state index is 0.613. The first-order valence-electron chi connectivity index (χ1n) is 6.78. The summed E-state index contributed by atoms with van der Waals surface area (Å²) in [6.07, 6.45) is 1.09. The second-order valence-electron chi connectivity index (χ2n) is 5.00. The topological polar surface area (TPSA) is 29.3 Å². The zero-order valence-electron chi connectivity index (χ0n) is 11.5. The van der Waals surface area contributed by atoms with Gasteiger partial charge in [-0.15, -0.1) is 0 Å². The van der Waals surface area contributed by atoms with Crippen LogP contribution in [-0.4, -0.2) is 18.5 Å². The number of hydrogen-bond acceptors (Lipinski definition) is 2. The zero-order chi connectivity index (χ0) is 13.5. The monoisotopic (exact) mass is 254 g/mol. The molecule has 2 rings (SSSR count). The fourth-order valence-corrected chi connectivity index (χ4v) is 2.21. The molecule has 0 atom stereocenters. The van der Waals surface area contributed by atoms with Crippen LogP contribution >= 0.6 is 0 Å². The van der Waals surface area contributed by atoms with Crippen LogP contribution in [0.3, 0.4) is 0 Å². The fraction of sp³-hybridized carbons (Fsp3) is 0.294. The average Bonchev–Trinajstić information content (AvgIpc) is 2.46. The van der Waals surface area contributed by atoms with Gasteiger partial charge in [-0.2, -0.15) is 0 Å². The molecule has 2 aromatic rings. The van der Waals surface area contributed by atoms with Gasteiger partial charge in [-0.05, 0) is 30.2 Å². The van der Waals surface area contributed by atoms with E-state index in [0.717, 1.165) is 19.5 Å². The number of likely N-dealkylation sites (N-methyl/N-ethyl adjacent to an activating group) is 1. The van der Waals surface area contributed by atoms with Crippen LogP contribution in [0.5, 0.6) is 0 Å². The van der Waals surface area contributed by atoms with Gasteiger partial charge in [-0.25, -0.2) is 0 Å². The van der Waals surface area contributed by atoms with Crippen molar-refractivity contribution >= 4 is 0 Å². The van der Waals surface area contributed by atoms with E-state index in [1.807, 2.05) is 0 Å². The van der Waals surface area contributed by atoms with Crippen LogP contribution < -0.4 is 5.73 Å². The molecule has 0 fully saturated rings. The van der Waals surface area contributed by atoms with Crippen LogP contribution in [0.15, 0.2) is 54.6 Å². The van der Waals surface area contributed by atoms with Crippen LogP contribution in [0, 0.1) is 0 Å². The Bertz CT molecular complexity index is 494. The van der Waals surface area contributed by atoms with Gasteiger partial charge >= 0.3 is 0 Å². The molecular formula is C17H22N2. The van der Waals surface area contributed by atoms with Crippen molar-refractivity contribution < 1.29 is 0 Å². The third-order valence-electron chi connectivity index (χ3n) is 3.30. The average molecular weight is 254 g/mol. The Kier molecular flexibility index (Phi) is 5.13. The van der Waals surface area contributed by atoms with Gasteiger partial charge in [0.1, 0.15) is 0 Å². The van der Waals surface area contributed by atoms with Crippen molar-refractivity contribution in [1.29, 1.82) is 0 Å². The Morgan fingerprint density at radius 3 is 2.32 bits per heavy atom. The molecule has 0 amide bonds. The third-order valence-corrected chi connectivity index (χ3v) is 3.30. The first kappa shape index (κ1) is 13.8. The highest BCUT2D eigenvalue weighted by atomic mass is 15.1. The molecule has 19 heavy (non-hydrogen) atoms. The van der Waals surface area contributed by atoms with Gasteiger partial charge in [0.05, 0.1) is 0 Å². The van der Waals surface area contributed by atoms with E-state index in [0.29, 0.717) is 6.54 Å². The first-order chi connectivity index (χ1) is 9.28.